The molecule has 0 spiro atoms. The molecule has 0 atom stereocenters. The molecule has 4 nitrogen and oxygen atoms in total. The molecule has 6 heteroatoms. The zero-order chi connectivity index (χ0) is 20.3. The summed E-state index contributed by atoms with van der Waals surface area (Å²) in [6.45, 7) is 6.27. The van der Waals surface area contributed by atoms with Crippen LogP contribution >= 0.6 is 24.0 Å². The Morgan fingerprint density at radius 2 is 1.86 bits per heavy atom. The van der Waals surface area contributed by atoms with E-state index in [0.29, 0.717) is 9.23 Å². The monoisotopic (exact) mass is 410 g/mol. The molecule has 1 N–H and O–H groups in total. The van der Waals surface area contributed by atoms with Gasteiger partial charge >= 0.3 is 0 Å². The zero-order valence-corrected chi connectivity index (χ0v) is 17.7. The lowest BCUT2D eigenvalue weighted by Crippen LogP contribution is -2.31. The van der Waals surface area contributed by atoms with Gasteiger partial charge in [0.1, 0.15) is 4.32 Å². The lowest BCUT2D eigenvalue weighted by molar-refractivity contribution is -0.122. The Bertz CT molecular complexity index is 965. The van der Waals surface area contributed by atoms with Crippen LogP contribution < -0.4 is 5.32 Å². The number of anilines is 1. The maximum atomic E-state index is 12.7. The third-order valence-electron chi connectivity index (χ3n) is 4.69. The van der Waals surface area contributed by atoms with E-state index in [1.54, 1.807) is 0 Å². The fourth-order valence-electron chi connectivity index (χ4n) is 2.82. The number of hydrogen-bond acceptors (Lipinski definition) is 4. The number of carbonyl (C=O) groups is 2. The van der Waals surface area contributed by atoms with Crippen molar-refractivity contribution < 1.29 is 9.59 Å². The Balaban J connectivity index is 1.62. The van der Waals surface area contributed by atoms with Crippen LogP contribution in [-0.4, -0.2) is 27.6 Å². The maximum absolute atomic E-state index is 12.7. The fraction of sp³-hybridized carbons (Fsp3) is 0.227. The van der Waals surface area contributed by atoms with E-state index in [9.17, 15) is 9.59 Å². The lowest BCUT2D eigenvalue weighted by Gasteiger charge is -2.15. The number of amides is 2. The van der Waals surface area contributed by atoms with Crippen LogP contribution in [0.5, 0.6) is 0 Å². The predicted molar refractivity (Wildman–Crippen MR) is 120 cm³/mol. The van der Waals surface area contributed by atoms with Crippen molar-refractivity contribution in [1.29, 1.82) is 0 Å². The first-order valence-corrected chi connectivity index (χ1v) is 10.3. The number of thiocarbonyl (C=S) groups is 1. The quantitative estimate of drug-likeness (QED) is 0.566. The van der Waals surface area contributed by atoms with E-state index in [0.717, 1.165) is 22.4 Å². The number of nitrogens with one attached hydrogen (secondary N) is 1. The average Bonchev–Trinajstić information content (AvgIpc) is 2.92. The maximum Gasteiger partial charge on any atom is 0.266 e. The Morgan fingerprint density at radius 1 is 1.14 bits per heavy atom. The minimum atomic E-state index is -0.143. The first-order valence-electron chi connectivity index (χ1n) is 9.03. The molecule has 1 aliphatic rings. The molecule has 144 valence electrons. The van der Waals surface area contributed by atoms with E-state index in [1.807, 2.05) is 69.3 Å². The van der Waals surface area contributed by atoms with E-state index in [4.69, 9.17) is 12.2 Å². The Kier molecular flexibility index (Phi) is 6.31. The summed E-state index contributed by atoms with van der Waals surface area (Å²) in [6, 6.07) is 13.7. The molecule has 2 aromatic rings. The number of hydrogen-bond donors (Lipinski definition) is 1. The van der Waals surface area contributed by atoms with E-state index >= 15 is 0 Å². The minimum absolute atomic E-state index is 0.134. The standard InChI is InChI=1S/C22H22N2O2S2/c1-14-7-9-17(10-8-14)13-19-21(26)24(22(27)28-19)12-11-20(25)23-18-6-4-5-15(2)16(18)3/h4-10,13H,11-12H2,1-3H3,(H,23,25)/b19-13-. The summed E-state index contributed by atoms with van der Waals surface area (Å²) in [5.74, 6) is -0.277. The second-order valence-electron chi connectivity index (χ2n) is 6.79. The molecule has 0 saturated carbocycles. The van der Waals surface area contributed by atoms with Crippen molar-refractivity contribution in [1.82, 2.24) is 4.90 Å². The molecule has 1 saturated heterocycles. The summed E-state index contributed by atoms with van der Waals surface area (Å²) in [6.07, 6.45) is 2.03. The normalized spacial score (nSPS) is 15.4. The van der Waals surface area contributed by atoms with Crippen molar-refractivity contribution >= 4 is 51.9 Å². The highest BCUT2D eigenvalue weighted by Gasteiger charge is 2.32. The first kappa shape index (κ1) is 20.3. The molecule has 0 aliphatic carbocycles. The van der Waals surface area contributed by atoms with Gasteiger partial charge in [-0.1, -0.05) is 65.9 Å². The molecule has 1 aliphatic heterocycles. The van der Waals surface area contributed by atoms with Crippen LogP contribution in [0.3, 0.4) is 0 Å². The van der Waals surface area contributed by atoms with Crippen molar-refractivity contribution in [2.75, 3.05) is 11.9 Å². The van der Waals surface area contributed by atoms with Gasteiger partial charge in [-0.15, -0.1) is 0 Å². The number of rotatable bonds is 5. The largest absolute Gasteiger partial charge is 0.326 e. The Morgan fingerprint density at radius 3 is 2.57 bits per heavy atom. The van der Waals surface area contributed by atoms with Crippen LogP contribution in [-0.2, 0) is 9.59 Å². The van der Waals surface area contributed by atoms with Gasteiger partial charge in [-0.2, -0.15) is 0 Å². The minimum Gasteiger partial charge on any atom is -0.326 e. The average molecular weight is 411 g/mol. The van der Waals surface area contributed by atoms with Crippen LogP contribution in [0.2, 0.25) is 0 Å². The van der Waals surface area contributed by atoms with Crippen LogP contribution in [0.15, 0.2) is 47.4 Å². The number of benzene rings is 2. The molecule has 1 heterocycles. The van der Waals surface area contributed by atoms with Crippen LogP contribution in [0.25, 0.3) is 6.08 Å². The van der Waals surface area contributed by atoms with Gasteiger partial charge in [0.25, 0.3) is 5.91 Å². The Hall–Kier alpha value is -2.44. The van der Waals surface area contributed by atoms with Crippen molar-refractivity contribution in [2.24, 2.45) is 0 Å². The van der Waals surface area contributed by atoms with E-state index in [-0.39, 0.29) is 24.8 Å². The number of carbonyl (C=O) groups excluding carboxylic acids is 2. The van der Waals surface area contributed by atoms with Gasteiger partial charge in [0.05, 0.1) is 4.91 Å². The summed E-state index contributed by atoms with van der Waals surface area (Å²) in [7, 11) is 0. The third kappa shape index (κ3) is 4.69. The van der Waals surface area contributed by atoms with E-state index in [1.165, 1.54) is 22.2 Å². The number of thioether (sulfide) groups is 1. The van der Waals surface area contributed by atoms with Crippen LogP contribution in [0.4, 0.5) is 5.69 Å². The molecule has 1 fully saturated rings. The molecule has 2 amide bonds. The van der Waals surface area contributed by atoms with E-state index < -0.39 is 0 Å². The topological polar surface area (TPSA) is 49.4 Å². The van der Waals surface area contributed by atoms with Crippen LogP contribution in [0, 0.1) is 20.8 Å². The molecule has 28 heavy (non-hydrogen) atoms. The molecular formula is C22H22N2O2S2. The van der Waals surface area contributed by atoms with Gasteiger partial charge in [-0.3, -0.25) is 14.5 Å². The summed E-state index contributed by atoms with van der Waals surface area (Å²) in [5, 5.41) is 2.92. The second-order valence-corrected chi connectivity index (χ2v) is 8.47. The number of nitrogens with zero attached hydrogens (tertiary/aromatic N) is 1. The van der Waals surface area contributed by atoms with Crippen LogP contribution in [0.1, 0.15) is 28.7 Å². The highest BCUT2D eigenvalue weighted by atomic mass is 32.2. The summed E-state index contributed by atoms with van der Waals surface area (Å²) >= 11 is 6.62. The second kappa shape index (κ2) is 8.71. The molecule has 0 bridgehead atoms. The van der Waals surface area contributed by atoms with Gasteiger partial charge in [-0.05, 0) is 49.6 Å². The molecule has 2 aromatic carbocycles. The molecule has 0 radical (unpaired) electrons. The molecule has 0 unspecified atom stereocenters. The summed E-state index contributed by atoms with van der Waals surface area (Å²) in [4.78, 5) is 27.1. The Labute approximate surface area is 175 Å². The van der Waals surface area contributed by atoms with Gasteiger partial charge in [0, 0.05) is 18.7 Å². The van der Waals surface area contributed by atoms with Gasteiger partial charge in [0.15, 0.2) is 0 Å². The highest BCUT2D eigenvalue weighted by Crippen LogP contribution is 2.32. The van der Waals surface area contributed by atoms with Crippen molar-refractivity contribution in [3.05, 3.63) is 69.6 Å². The smallest absolute Gasteiger partial charge is 0.266 e. The van der Waals surface area contributed by atoms with Crippen molar-refractivity contribution in [3.8, 4) is 0 Å². The molecular weight excluding hydrogens is 388 g/mol. The molecule has 3 rings (SSSR count). The summed E-state index contributed by atoms with van der Waals surface area (Å²) < 4.78 is 0.489. The lowest BCUT2D eigenvalue weighted by atomic mass is 10.1. The highest BCUT2D eigenvalue weighted by molar-refractivity contribution is 8.26. The van der Waals surface area contributed by atoms with E-state index in [2.05, 4.69) is 5.32 Å². The van der Waals surface area contributed by atoms with Gasteiger partial charge in [-0.25, -0.2) is 0 Å². The number of aryl methyl sites for hydroxylation is 2. The van der Waals surface area contributed by atoms with Crippen molar-refractivity contribution in [2.45, 2.75) is 27.2 Å². The van der Waals surface area contributed by atoms with Crippen molar-refractivity contribution in [3.63, 3.8) is 0 Å². The summed E-state index contributed by atoms with van der Waals surface area (Å²) in [5.41, 5.74) is 5.09. The predicted octanol–water partition coefficient (Wildman–Crippen LogP) is 4.84. The SMILES string of the molecule is Cc1ccc(/C=C2\SC(=S)N(CCC(=O)Nc3cccc(C)c3C)C2=O)cc1. The first-order chi connectivity index (χ1) is 13.3. The van der Waals surface area contributed by atoms with Gasteiger partial charge in [0.2, 0.25) is 5.91 Å². The molecule has 0 aromatic heterocycles. The van der Waals surface area contributed by atoms with Gasteiger partial charge < -0.3 is 5.32 Å². The third-order valence-corrected chi connectivity index (χ3v) is 6.07. The fourth-order valence-corrected chi connectivity index (χ4v) is 4.13. The zero-order valence-electron chi connectivity index (χ0n) is 16.1.